The summed E-state index contributed by atoms with van der Waals surface area (Å²) in [5.41, 5.74) is -6.78. The van der Waals surface area contributed by atoms with Gasteiger partial charge in [-0.3, -0.25) is 0 Å². The first-order valence-corrected chi connectivity index (χ1v) is 25.5. The maximum atomic E-state index is 9.20. The van der Waals surface area contributed by atoms with E-state index in [-0.39, 0.29) is 171 Å². The first-order chi connectivity index (χ1) is 33.0. The molecule has 0 amide bonds. The molecular weight excluding hydrogens is 1920 g/mol. The summed E-state index contributed by atoms with van der Waals surface area (Å²) in [6.45, 7) is 3.86. The van der Waals surface area contributed by atoms with Crippen molar-refractivity contribution < 1.29 is 209 Å². The molecule has 8 rings (SSSR count). The maximum absolute atomic E-state index is 9.20. The summed E-state index contributed by atoms with van der Waals surface area (Å²) < 4.78 is 0. The second-order valence-electron chi connectivity index (χ2n) is 19.5. The Morgan fingerprint density at radius 1 is 0.231 bits per heavy atom. The molecule has 0 heterocycles. The zero-order valence-electron chi connectivity index (χ0n) is 44.9. The average Bonchev–Trinajstić information content (AvgIpc) is 4.22. The minimum Gasteiger partial charge on any atom is -0.691 e. The van der Waals surface area contributed by atoms with Crippen LogP contribution in [0.3, 0.4) is 0 Å². The molecule has 0 radical (unpaired) electrons. The molecule has 0 aromatic carbocycles. The molecule has 0 unspecified atom stereocenters. The standard InChI is InChI=1S/8C7H9O.2C2H6O.4Au.4Cu/c8*1-2-7(8)5-3-4-6-7;2*1-2-3;;;;;;;;/h8*8H,3-6H2;2*3H,2H2,1H3;;;;;;;;/q8*-1;;;8*+1. The Bertz CT molecular complexity index is 1390. The van der Waals surface area contributed by atoms with Gasteiger partial charge < -0.3 is 150 Å². The van der Waals surface area contributed by atoms with Crippen LogP contribution < -0.4 is 0 Å². The Morgan fingerprint density at radius 3 is 0.308 bits per heavy atom. The van der Waals surface area contributed by atoms with Crippen molar-refractivity contribution in [3.05, 3.63) is 51.4 Å². The molecule has 78 heavy (non-hydrogen) atoms. The third-order valence-electron chi connectivity index (χ3n) is 13.3. The zero-order chi connectivity index (χ0) is 53.7. The van der Waals surface area contributed by atoms with E-state index in [1.807, 2.05) is 0 Å². The quantitative estimate of drug-likeness (QED) is 0.0683. The SMILES string of the molecule is CCO.CCO.[Au+].[Au+].[Au+].[Au+].[C-]#CC1(O)CCCC1.[C-]#CC1(O)CCCC1.[C-]#CC1(O)CCCC1.[C-]#CC1(O)CCCC1.[C-]#CC1(O)CCCC1.[C-]#CC1(O)CCCC1.[C-]#CC1(O)CCCC1.[C-]#CC1(O)CCCC1.[Cu+].[Cu+].[Cu+].[Cu+]. The molecule has 18 heteroatoms. The Hall–Kier alpha value is 1.12. The fourth-order valence-electron chi connectivity index (χ4n) is 8.68. The topological polar surface area (TPSA) is 202 Å². The zero-order valence-corrected chi connectivity index (χ0v) is 57.4. The van der Waals surface area contributed by atoms with Crippen LogP contribution in [0.2, 0.25) is 0 Å². The molecule has 472 valence electrons. The van der Waals surface area contributed by atoms with E-state index in [4.69, 9.17) is 61.6 Å². The summed E-state index contributed by atoms with van der Waals surface area (Å²) in [5.74, 6) is 17.2. The number of rotatable bonds is 0. The molecule has 10 N–H and O–H groups in total. The molecule has 8 saturated carbocycles. The van der Waals surface area contributed by atoms with Gasteiger partial charge in [-0.1, -0.05) is 0 Å². The first kappa shape index (κ1) is 101. The fraction of sp³-hybridized carbons (Fsp3) is 0.733. The van der Waals surface area contributed by atoms with Gasteiger partial charge in [-0.2, -0.15) is 0 Å². The van der Waals surface area contributed by atoms with Crippen molar-refractivity contribution in [1.29, 1.82) is 0 Å². The van der Waals surface area contributed by atoms with Crippen LogP contribution in [0.5, 0.6) is 0 Å². The van der Waals surface area contributed by atoms with E-state index in [1.165, 1.54) is 0 Å². The minimum absolute atomic E-state index is 0. The van der Waals surface area contributed by atoms with Crippen LogP contribution in [0.15, 0.2) is 0 Å². The summed E-state index contributed by atoms with van der Waals surface area (Å²) in [7, 11) is 0. The molecule has 8 fully saturated rings. The van der Waals surface area contributed by atoms with Crippen LogP contribution in [-0.4, -0.2) is 109 Å². The van der Waals surface area contributed by atoms with Gasteiger partial charge in [-0.05, 0) is 219 Å². The Morgan fingerprint density at radius 2 is 0.282 bits per heavy atom. The van der Waals surface area contributed by atoms with Gasteiger partial charge in [0.2, 0.25) is 0 Å². The Labute approximate surface area is 578 Å². The van der Waals surface area contributed by atoms with Gasteiger partial charge in [0.15, 0.2) is 0 Å². The smallest absolute Gasteiger partial charge is 0.691 e. The van der Waals surface area contributed by atoms with E-state index in [0.717, 1.165) is 205 Å². The summed E-state index contributed by atoms with van der Waals surface area (Å²) in [6.07, 6.45) is 82.0. The normalized spacial score (nSPS) is 21.0. The number of hydrogen-bond donors (Lipinski definition) is 10. The second-order valence-corrected chi connectivity index (χ2v) is 19.5. The Balaban J connectivity index is -0.0000000822. The van der Waals surface area contributed by atoms with Gasteiger partial charge in [-0.15, -0.1) is 0 Å². The van der Waals surface area contributed by atoms with Crippen LogP contribution in [-0.2, 0) is 158 Å². The average molecular weight is 2010 g/mol. The minimum atomic E-state index is -0.847. The predicted octanol–water partition coefficient (Wildman–Crippen LogP) is 7.03. The van der Waals surface area contributed by atoms with Gasteiger partial charge in [0.05, 0.1) is 44.8 Å². The van der Waals surface area contributed by atoms with Crippen LogP contribution in [0.4, 0.5) is 0 Å². The molecule has 8 aliphatic rings. The molecule has 8 aliphatic carbocycles. The van der Waals surface area contributed by atoms with Crippen LogP contribution in [0, 0.1) is 98.8 Å². The second kappa shape index (κ2) is 56.0. The Kier molecular flexibility index (Phi) is 72.5. The van der Waals surface area contributed by atoms with Gasteiger partial charge in [0.1, 0.15) is 0 Å². The van der Waals surface area contributed by atoms with Gasteiger partial charge in [0, 0.05) is 13.2 Å². The van der Waals surface area contributed by atoms with Crippen LogP contribution in [0.1, 0.15) is 219 Å². The summed E-state index contributed by atoms with van der Waals surface area (Å²) in [5, 5.41) is 88.7. The molecule has 0 aliphatic heterocycles. The van der Waals surface area contributed by atoms with Gasteiger partial charge in [-0.25, -0.2) is 0 Å². The van der Waals surface area contributed by atoms with Crippen molar-refractivity contribution in [3.8, 4) is 47.4 Å². The molecule has 0 bridgehead atoms. The molecule has 0 spiro atoms. The first-order valence-electron chi connectivity index (χ1n) is 25.5. The van der Waals surface area contributed by atoms with Crippen LogP contribution in [0.25, 0.3) is 0 Å². The van der Waals surface area contributed by atoms with E-state index >= 15 is 0 Å². The van der Waals surface area contributed by atoms with E-state index in [2.05, 4.69) is 47.4 Å². The monoisotopic (exact) mass is 2000 g/mol. The maximum Gasteiger partial charge on any atom is 1.00 e. The summed E-state index contributed by atoms with van der Waals surface area (Å²) in [4.78, 5) is 0. The van der Waals surface area contributed by atoms with Crippen molar-refractivity contribution in [2.24, 2.45) is 0 Å². The van der Waals surface area contributed by atoms with Gasteiger partial charge in [0.25, 0.3) is 0 Å². The summed E-state index contributed by atoms with van der Waals surface area (Å²) in [6, 6.07) is 0. The van der Waals surface area contributed by atoms with E-state index in [0.29, 0.717) is 0 Å². The molecule has 0 saturated heterocycles. The third kappa shape index (κ3) is 47.4. The predicted molar refractivity (Wildman–Crippen MR) is 270 cm³/mol. The molecule has 10 nitrogen and oxygen atoms in total. The van der Waals surface area contributed by atoms with E-state index < -0.39 is 44.8 Å². The fourth-order valence-corrected chi connectivity index (χ4v) is 8.68. The molecular formula is C60H84Au4Cu4O10. The van der Waals surface area contributed by atoms with Gasteiger partial charge >= 0.3 is 158 Å². The van der Waals surface area contributed by atoms with Crippen LogP contribution >= 0.6 is 0 Å². The summed E-state index contributed by atoms with van der Waals surface area (Å²) >= 11 is 0. The van der Waals surface area contributed by atoms with Crippen molar-refractivity contribution in [1.82, 2.24) is 0 Å². The number of hydrogen-bond acceptors (Lipinski definition) is 10. The van der Waals surface area contributed by atoms with Crippen molar-refractivity contribution in [2.45, 2.75) is 264 Å². The number of aliphatic hydroxyl groups excluding tert-OH is 2. The molecule has 0 aromatic heterocycles. The molecule has 0 atom stereocenters. The van der Waals surface area contributed by atoms with Crippen molar-refractivity contribution >= 4 is 0 Å². The van der Waals surface area contributed by atoms with E-state index in [9.17, 15) is 40.9 Å². The van der Waals surface area contributed by atoms with E-state index in [1.54, 1.807) is 13.8 Å². The van der Waals surface area contributed by atoms with Crippen molar-refractivity contribution in [3.63, 3.8) is 0 Å². The number of aliphatic hydroxyl groups is 10. The molecule has 0 aromatic rings. The largest absolute Gasteiger partial charge is 1.00 e. The van der Waals surface area contributed by atoms with Crippen molar-refractivity contribution in [2.75, 3.05) is 13.2 Å². The third-order valence-corrected chi connectivity index (χ3v) is 13.3.